The standard InChI is InChI=1S/C14H21ClO3/c1-11(17)13-10-12(15)6-7-14(13)18-9-5-3-2-4-8-16/h6-7,10-11,16-17H,2-5,8-9H2,1H3. The van der Waals surface area contributed by atoms with Crippen LogP contribution in [0.15, 0.2) is 18.2 Å². The molecular weight excluding hydrogens is 252 g/mol. The van der Waals surface area contributed by atoms with Gasteiger partial charge in [-0.1, -0.05) is 18.0 Å². The first-order chi connectivity index (χ1) is 8.65. The summed E-state index contributed by atoms with van der Waals surface area (Å²) in [6.07, 6.45) is 3.26. The lowest BCUT2D eigenvalue weighted by Crippen LogP contribution is -2.02. The lowest BCUT2D eigenvalue weighted by molar-refractivity contribution is 0.190. The van der Waals surface area contributed by atoms with E-state index >= 15 is 0 Å². The summed E-state index contributed by atoms with van der Waals surface area (Å²) in [7, 11) is 0. The second-order valence-electron chi connectivity index (χ2n) is 4.34. The Kier molecular flexibility index (Phi) is 7.09. The number of rotatable bonds is 8. The predicted octanol–water partition coefficient (Wildman–Crippen LogP) is 3.32. The molecule has 18 heavy (non-hydrogen) atoms. The number of unbranched alkanes of at least 4 members (excludes halogenated alkanes) is 3. The van der Waals surface area contributed by atoms with E-state index < -0.39 is 6.10 Å². The molecule has 0 saturated carbocycles. The molecule has 1 atom stereocenters. The zero-order valence-corrected chi connectivity index (χ0v) is 11.5. The molecule has 4 heteroatoms. The molecule has 1 unspecified atom stereocenters. The lowest BCUT2D eigenvalue weighted by Gasteiger charge is -2.13. The van der Waals surface area contributed by atoms with Crippen molar-refractivity contribution in [2.45, 2.75) is 38.7 Å². The van der Waals surface area contributed by atoms with Crippen LogP contribution in [0.4, 0.5) is 0 Å². The second kappa shape index (κ2) is 8.35. The normalized spacial score (nSPS) is 12.4. The Hall–Kier alpha value is -0.770. The molecule has 0 amide bonds. The lowest BCUT2D eigenvalue weighted by atomic mass is 10.1. The van der Waals surface area contributed by atoms with Crippen molar-refractivity contribution in [3.8, 4) is 5.75 Å². The van der Waals surface area contributed by atoms with Crippen molar-refractivity contribution >= 4 is 11.6 Å². The van der Waals surface area contributed by atoms with Gasteiger partial charge >= 0.3 is 0 Å². The summed E-state index contributed by atoms with van der Waals surface area (Å²) in [6.45, 7) is 2.57. The first-order valence-corrected chi connectivity index (χ1v) is 6.74. The highest BCUT2D eigenvalue weighted by Crippen LogP contribution is 2.28. The summed E-state index contributed by atoms with van der Waals surface area (Å²) in [6, 6.07) is 5.28. The van der Waals surface area contributed by atoms with Crippen LogP contribution < -0.4 is 4.74 Å². The largest absolute Gasteiger partial charge is 0.493 e. The molecule has 0 heterocycles. The highest BCUT2D eigenvalue weighted by Gasteiger charge is 2.09. The third-order valence-corrected chi connectivity index (χ3v) is 2.97. The smallest absolute Gasteiger partial charge is 0.125 e. The van der Waals surface area contributed by atoms with Crippen LogP contribution in [0.1, 0.15) is 44.3 Å². The molecule has 1 aromatic carbocycles. The van der Waals surface area contributed by atoms with E-state index in [9.17, 15) is 5.11 Å². The summed E-state index contributed by atoms with van der Waals surface area (Å²) in [5.41, 5.74) is 0.720. The first kappa shape index (κ1) is 15.3. The van der Waals surface area contributed by atoms with Crippen molar-refractivity contribution in [3.05, 3.63) is 28.8 Å². The van der Waals surface area contributed by atoms with E-state index in [-0.39, 0.29) is 6.61 Å². The minimum Gasteiger partial charge on any atom is -0.493 e. The van der Waals surface area contributed by atoms with E-state index in [1.54, 1.807) is 25.1 Å². The number of aliphatic hydroxyl groups excluding tert-OH is 2. The highest BCUT2D eigenvalue weighted by atomic mass is 35.5. The number of ether oxygens (including phenoxy) is 1. The molecule has 1 aromatic rings. The van der Waals surface area contributed by atoms with E-state index in [0.717, 1.165) is 31.2 Å². The maximum atomic E-state index is 9.64. The Bertz CT molecular complexity index is 353. The fraction of sp³-hybridized carbons (Fsp3) is 0.571. The van der Waals surface area contributed by atoms with Gasteiger partial charge in [0.1, 0.15) is 5.75 Å². The minimum absolute atomic E-state index is 0.254. The molecule has 0 aliphatic rings. The maximum Gasteiger partial charge on any atom is 0.125 e. The van der Waals surface area contributed by atoms with Crippen LogP contribution in [-0.4, -0.2) is 23.4 Å². The van der Waals surface area contributed by atoms with Gasteiger partial charge in [0.05, 0.1) is 12.7 Å². The number of halogens is 1. The fourth-order valence-corrected chi connectivity index (χ4v) is 1.91. The van der Waals surface area contributed by atoms with Crippen molar-refractivity contribution in [2.75, 3.05) is 13.2 Å². The Morgan fingerprint density at radius 3 is 2.61 bits per heavy atom. The molecule has 0 bridgehead atoms. The summed E-state index contributed by atoms with van der Waals surface area (Å²) in [4.78, 5) is 0. The van der Waals surface area contributed by atoms with E-state index in [4.69, 9.17) is 21.4 Å². The third kappa shape index (κ3) is 5.25. The zero-order chi connectivity index (χ0) is 13.4. The number of hydrogen-bond acceptors (Lipinski definition) is 3. The summed E-state index contributed by atoms with van der Waals surface area (Å²) in [5.74, 6) is 0.691. The van der Waals surface area contributed by atoms with Crippen LogP contribution in [0.2, 0.25) is 5.02 Å². The minimum atomic E-state index is -0.590. The van der Waals surface area contributed by atoms with Crippen LogP contribution >= 0.6 is 11.6 Å². The van der Waals surface area contributed by atoms with Crippen molar-refractivity contribution in [1.82, 2.24) is 0 Å². The number of hydrogen-bond donors (Lipinski definition) is 2. The van der Waals surface area contributed by atoms with Gasteiger partial charge in [0.15, 0.2) is 0 Å². The molecule has 102 valence electrons. The summed E-state index contributed by atoms with van der Waals surface area (Å²) < 4.78 is 5.65. The van der Waals surface area contributed by atoms with E-state index in [0.29, 0.717) is 17.4 Å². The van der Waals surface area contributed by atoms with Gasteiger partial charge in [-0.2, -0.15) is 0 Å². The second-order valence-corrected chi connectivity index (χ2v) is 4.78. The molecule has 3 nitrogen and oxygen atoms in total. The van der Waals surface area contributed by atoms with Gasteiger partial charge in [-0.3, -0.25) is 0 Å². The Balaban J connectivity index is 2.42. The molecule has 2 N–H and O–H groups in total. The SMILES string of the molecule is CC(O)c1cc(Cl)ccc1OCCCCCCO. The molecule has 0 fully saturated rings. The van der Waals surface area contributed by atoms with Crippen LogP contribution in [0.5, 0.6) is 5.75 Å². The predicted molar refractivity (Wildman–Crippen MR) is 73.1 cm³/mol. The zero-order valence-electron chi connectivity index (χ0n) is 10.7. The van der Waals surface area contributed by atoms with Crippen molar-refractivity contribution in [1.29, 1.82) is 0 Å². The first-order valence-electron chi connectivity index (χ1n) is 6.36. The molecule has 0 aromatic heterocycles. The highest BCUT2D eigenvalue weighted by molar-refractivity contribution is 6.30. The molecule has 0 aliphatic carbocycles. The molecule has 0 saturated heterocycles. The Morgan fingerprint density at radius 1 is 1.22 bits per heavy atom. The van der Waals surface area contributed by atoms with Crippen molar-refractivity contribution < 1.29 is 14.9 Å². The van der Waals surface area contributed by atoms with Gasteiger partial charge in [-0.25, -0.2) is 0 Å². The monoisotopic (exact) mass is 272 g/mol. The molecule has 1 rings (SSSR count). The Labute approximate surface area is 113 Å². The average Bonchev–Trinajstić information content (AvgIpc) is 2.35. The third-order valence-electron chi connectivity index (χ3n) is 2.73. The van der Waals surface area contributed by atoms with Crippen LogP contribution in [0.3, 0.4) is 0 Å². The number of benzene rings is 1. The van der Waals surface area contributed by atoms with Gasteiger partial charge in [0, 0.05) is 17.2 Å². The summed E-state index contributed by atoms with van der Waals surface area (Å²) >= 11 is 5.89. The van der Waals surface area contributed by atoms with Crippen molar-refractivity contribution in [2.24, 2.45) is 0 Å². The molecular formula is C14H21ClO3. The summed E-state index contributed by atoms with van der Waals surface area (Å²) in [5, 5.41) is 18.9. The van der Waals surface area contributed by atoms with Crippen LogP contribution in [0, 0.1) is 0 Å². The van der Waals surface area contributed by atoms with Gasteiger partial charge in [-0.15, -0.1) is 0 Å². The molecule has 0 spiro atoms. The topological polar surface area (TPSA) is 49.7 Å². The van der Waals surface area contributed by atoms with E-state index in [1.165, 1.54) is 0 Å². The van der Waals surface area contributed by atoms with Crippen molar-refractivity contribution in [3.63, 3.8) is 0 Å². The quantitative estimate of drug-likeness (QED) is 0.714. The Morgan fingerprint density at radius 2 is 1.94 bits per heavy atom. The van der Waals surface area contributed by atoms with Gasteiger partial charge in [0.2, 0.25) is 0 Å². The van der Waals surface area contributed by atoms with Gasteiger partial charge in [-0.05, 0) is 44.4 Å². The molecule has 0 radical (unpaired) electrons. The molecule has 0 aliphatic heterocycles. The van der Waals surface area contributed by atoms with E-state index in [2.05, 4.69) is 0 Å². The number of aliphatic hydroxyl groups is 2. The van der Waals surface area contributed by atoms with Crippen LogP contribution in [-0.2, 0) is 0 Å². The van der Waals surface area contributed by atoms with E-state index in [1.807, 2.05) is 0 Å². The van der Waals surface area contributed by atoms with Crippen LogP contribution in [0.25, 0.3) is 0 Å². The maximum absolute atomic E-state index is 9.64. The van der Waals surface area contributed by atoms with Gasteiger partial charge in [0.25, 0.3) is 0 Å². The average molecular weight is 273 g/mol. The van der Waals surface area contributed by atoms with Gasteiger partial charge < -0.3 is 14.9 Å². The fourth-order valence-electron chi connectivity index (χ4n) is 1.73.